The van der Waals surface area contributed by atoms with Crippen LogP contribution in [0.3, 0.4) is 0 Å². The van der Waals surface area contributed by atoms with E-state index in [4.69, 9.17) is 0 Å². The first-order valence-electron chi connectivity index (χ1n) is 9.30. The fourth-order valence-electron chi connectivity index (χ4n) is 3.00. The van der Waals surface area contributed by atoms with Gasteiger partial charge in [-0.15, -0.1) is 5.10 Å². The van der Waals surface area contributed by atoms with Gasteiger partial charge in [0.1, 0.15) is 0 Å². The Labute approximate surface area is 155 Å². The molecule has 0 aliphatic carbocycles. The predicted octanol–water partition coefficient (Wildman–Crippen LogP) is 2.83. The second kappa shape index (κ2) is 8.80. The van der Waals surface area contributed by atoms with E-state index in [1.165, 1.54) is 18.5 Å². The van der Waals surface area contributed by atoms with Crippen molar-refractivity contribution in [1.29, 1.82) is 0 Å². The zero-order valence-electron chi connectivity index (χ0n) is 15.9. The van der Waals surface area contributed by atoms with Crippen LogP contribution >= 0.6 is 0 Å². The van der Waals surface area contributed by atoms with Crippen molar-refractivity contribution in [3.63, 3.8) is 0 Å². The molecule has 1 fully saturated rings. The lowest BCUT2D eigenvalue weighted by Crippen LogP contribution is -2.32. The minimum absolute atomic E-state index is 0.538. The van der Waals surface area contributed by atoms with Crippen molar-refractivity contribution >= 4 is 23.1 Å². The first-order chi connectivity index (χ1) is 12.6. The van der Waals surface area contributed by atoms with Gasteiger partial charge in [0.05, 0.1) is 6.20 Å². The molecule has 26 heavy (non-hydrogen) atoms. The Morgan fingerprint density at radius 3 is 2.58 bits per heavy atom. The topological polar surface area (TPSA) is 69.2 Å². The highest BCUT2D eigenvalue weighted by atomic mass is 15.3. The maximum atomic E-state index is 4.46. The van der Waals surface area contributed by atoms with Crippen LogP contribution in [0.4, 0.5) is 23.1 Å². The summed E-state index contributed by atoms with van der Waals surface area (Å²) in [6.45, 7) is 6.32. The number of hydrogen-bond acceptors (Lipinski definition) is 7. The first kappa shape index (κ1) is 18.4. The third-order valence-corrected chi connectivity index (χ3v) is 4.69. The number of nitrogens with one attached hydrogen (secondary N) is 2. The summed E-state index contributed by atoms with van der Waals surface area (Å²) >= 11 is 0. The van der Waals surface area contributed by atoms with E-state index in [1.54, 1.807) is 6.20 Å². The molecule has 2 heterocycles. The van der Waals surface area contributed by atoms with Crippen molar-refractivity contribution in [2.75, 3.05) is 55.8 Å². The number of anilines is 4. The van der Waals surface area contributed by atoms with Crippen molar-refractivity contribution in [2.24, 2.45) is 5.92 Å². The van der Waals surface area contributed by atoms with Crippen LogP contribution in [0.25, 0.3) is 0 Å². The van der Waals surface area contributed by atoms with Gasteiger partial charge in [0, 0.05) is 37.6 Å². The van der Waals surface area contributed by atoms with Crippen LogP contribution in [0.15, 0.2) is 30.5 Å². The molecule has 2 aromatic rings. The predicted molar refractivity (Wildman–Crippen MR) is 107 cm³/mol. The maximum Gasteiger partial charge on any atom is 0.244 e. The standard InChI is InChI=1S/C19H29N7/c1-15-8-11-26(12-9-15)17-6-4-16(5-7-17)22-18-14-21-24-19(23-18)20-10-13-25(2)3/h4-7,14-15H,8-13H2,1-3H3,(H2,20,22,23,24). The molecule has 7 nitrogen and oxygen atoms in total. The highest BCUT2D eigenvalue weighted by Gasteiger charge is 2.15. The van der Waals surface area contributed by atoms with E-state index < -0.39 is 0 Å². The van der Waals surface area contributed by atoms with E-state index in [0.29, 0.717) is 11.8 Å². The summed E-state index contributed by atoms with van der Waals surface area (Å²) in [6, 6.07) is 8.52. The molecule has 0 spiro atoms. The zero-order valence-corrected chi connectivity index (χ0v) is 15.9. The minimum Gasteiger partial charge on any atom is -0.372 e. The van der Waals surface area contributed by atoms with Crippen LogP contribution in [0.1, 0.15) is 19.8 Å². The molecule has 3 rings (SSSR count). The van der Waals surface area contributed by atoms with Gasteiger partial charge in [-0.1, -0.05) is 6.92 Å². The molecule has 2 N–H and O–H groups in total. The third kappa shape index (κ3) is 5.29. The third-order valence-electron chi connectivity index (χ3n) is 4.69. The van der Waals surface area contributed by atoms with Crippen molar-refractivity contribution in [3.05, 3.63) is 30.5 Å². The molecular formula is C19H29N7. The van der Waals surface area contributed by atoms with E-state index in [0.717, 1.165) is 37.8 Å². The number of rotatable bonds is 7. The smallest absolute Gasteiger partial charge is 0.244 e. The Balaban J connectivity index is 1.57. The molecular weight excluding hydrogens is 326 g/mol. The second-order valence-electron chi connectivity index (χ2n) is 7.24. The van der Waals surface area contributed by atoms with Crippen LogP contribution in [-0.4, -0.2) is 60.4 Å². The molecule has 0 unspecified atom stereocenters. The SMILES string of the molecule is CC1CCN(c2ccc(Nc3cnnc(NCCN(C)C)n3)cc2)CC1. The number of likely N-dealkylation sites (N-methyl/N-ethyl adjacent to an activating group) is 1. The molecule has 140 valence electrons. The van der Waals surface area contributed by atoms with Crippen LogP contribution in [-0.2, 0) is 0 Å². The van der Waals surface area contributed by atoms with Gasteiger partial charge in [-0.2, -0.15) is 10.1 Å². The Hall–Kier alpha value is -2.41. The molecule has 0 amide bonds. The van der Waals surface area contributed by atoms with Crippen molar-refractivity contribution in [2.45, 2.75) is 19.8 Å². The fourth-order valence-corrected chi connectivity index (χ4v) is 3.00. The van der Waals surface area contributed by atoms with E-state index in [-0.39, 0.29) is 0 Å². The summed E-state index contributed by atoms with van der Waals surface area (Å²) in [5.74, 6) is 2.07. The summed E-state index contributed by atoms with van der Waals surface area (Å²) in [5, 5.41) is 14.5. The maximum absolute atomic E-state index is 4.46. The van der Waals surface area contributed by atoms with E-state index >= 15 is 0 Å². The number of aromatic nitrogens is 3. The highest BCUT2D eigenvalue weighted by molar-refractivity contribution is 5.60. The quantitative estimate of drug-likeness (QED) is 0.791. The molecule has 1 aromatic heterocycles. The molecule has 1 aromatic carbocycles. The molecule has 0 radical (unpaired) electrons. The summed E-state index contributed by atoms with van der Waals surface area (Å²) in [5.41, 5.74) is 2.29. The van der Waals surface area contributed by atoms with Crippen LogP contribution in [0.2, 0.25) is 0 Å². The average Bonchev–Trinajstić information content (AvgIpc) is 2.63. The number of nitrogens with zero attached hydrogens (tertiary/aromatic N) is 5. The summed E-state index contributed by atoms with van der Waals surface area (Å²) < 4.78 is 0. The molecule has 0 atom stereocenters. The lowest BCUT2D eigenvalue weighted by Gasteiger charge is -2.32. The first-order valence-corrected chi connectivity index (χ1v) is 9.30. The van der Waals surface area contributed by atoms with Gasteiger partial charge >= 0.3 is 0 Å². The molecule has 7 heteroatoms. The van der Waals surface area contributed by atoms with Crippen LogP contribution < -0.4 is 15.5 Å². The Morgan fingerprint density at radius 2 is 1.88 bits per heavy atom. The average molecular weight is 355 g/mol. The van der Waals surface area contributed by atoms with Crippen LogP contribution in [0.5, 0.6) is 0 Å². The zero-order chi connectivity index (χ0) is 18.4. The summed E-state index contributed by atoms with van der Waals surface area (Å²) in [4.78, 5) is 9.03. The Bertz CT molecular complexity index is 679. The fraction of sp³-hybridized carbons (Fsp3) is 0.526. The molecule has 0 saturated carbocycles. The molecule has 1 aliphatic heterocycles. The molecule has 0 bridgehead atoms. The van der Waals surface area contributed by atoms with E-state index in [2.05, 4.69) is 66.8 Å². The second-order valence-corrected chi connectivity index (χ2v) is 7.24. The summed E-state index contributed by atoms with van der Waals surface area (Å²) in [6.07, 6.45) is 4.18. The van der Waals surface area contributed by atoms with E-state index in [1.807, 2.05) is 14.1 Å². The molecule has 1 aliphatic rings. The van der Waals surface area contributed by atoms with Gasteiger partial charge in [0.25, 0.3) is 0 Å². The van der Waals surface area contributed by atoms with Crippen molar-refractivity contribution < 1.29 is 0 Å². The minimum atomic E-state index is 0.538. The van der Waals surface area contributed by atoms with E-state index in [9.17, 15) is 0 Å². The van der Waals surface area contributed by atoms with Crippen molar-refractivity contribution in [1.82, 2.24) is 20.1 Å². The van der Waals surface area contributed by atoms with Gasteiger partial charge < -0.3 is 20.4 Å². The lowest BCUT2D eigenvalue weighted by molar-refractivity contribution is 0.425. The lowest BCUT2D eigenvalue weighted by atomic mass is 9.99. The number of benzene rings is 1. The normalized spacial score (nSPS) is 15.3. The monoisotopic (exact) mass is 355 g/mol. The van der Waals surface area contributed by atoms with Crippen LogP contribution in [0, 0.1) is 5.92 Å². The van der Waals surface area contributed by atoms with Crippen molar-refractivity contribution in [3.8, 4) is 0 Å². The molecule has 1 saturated heterocycles. The highest BCUT2D eigenvalue weighted by Crippen LogP contribution is 2.25. The van der Waals surface area contributed by atoms with Gasteiger partial charge in [0.15, 0.2) is 5.82 Å². The number of piperidine rings is 1. The Morgan fingerprint density at radius 1 is 1.15 bits per heavy atom. The van der Waals surface area contributed by atoms with Gasteiger partial charge in [-0.3, -0.25) is 0 Å². The number of hydrogen-bond donors (Lipinski definition) is 2. The largest absolute Gasteiger partial charge is 0.372 e. The van der Waals surface area contributed by atoms with Gasteiger partial charge in [-0.25, -0.2) is 0 Å². The van der Waals surface area contributed by atoms with Gasteiger partial charge in [-0.05, 0) is 57.1 Å². The Kier molecular flexibility index (Phi) is 6.22. The van der Waals surface area contributed by atoms with Gasteiger partial charge in [0.2, 0.25) is 5.95 Å². The summed E-state index contributed by atoms with van der Waals surface area (Å²) in [7, 11) is 4.07.